The van der Waals surface area contributed by atoms with E-state index in [1.807, 2.05) is 6.07 Å². The molecule has 1 fully saturated rings. The summed E-state index contributed by atoms with van der Waals surface area (Å²) in [7, 11) is -3.55. The van der Waals surface area contributed by atoms with Crippen LogP contribution in [0.1, 0.15) is 0 Å². The number of aromatic hydroxyl groups is 1. The summed E-state index contributed by atoms with van der Waals surface area (Å²) in [5.74, 6) is 0.209. The maximum Gasteiger partial charge on any atom is 0.244 e. The van der Waals surface area contributed by atoms with Crippen LogP contribution in [0.15, 0.2) is 56.3 Å². The first-order chi connectivity index (χ1) is 11.4. The molecule has 1 saturated heterocycles. The highest BCUT2D eigenvalue weighted by Crippen LogP contribution is 2.29. The lowest BCUT2D eigenvalue weighted by atomic mass is 10.2. The van der Waals surface area contributed by atoms with Gasteiger partial charge >= 0.3 is 0 Å². The molecular weight excluding hydrogens is 460 g/mol. The van der Waals surface area contributed by atoms with Crippen molar-refractivity contribution in [3.8, 4) is 5.75 Å². The van der Waals surface area contributed by atoms with Crippen molar-refractivity contribution in [3.05, 3.63) is 51.4 Å². The number of piperazine rings is 1. The zero-order valence-corrected chi connectivity index (χ0v) is 16.7. The van der Waals surface area contributed by atoms with Crippen LogP contribution >= 0.6 is 31.9 Å². The first-order valence-electron chi connectivity index (χ1n) is 7.37. The molecule has 0 bridgehead atoms. The molecule has 8 heteroatoms. The van der Waals surface area contributed by atoms with Crippen LogP contribution in [0, 0.1) is 0 Å². The van der Waals surface area contributed by atoms with Crippen LogP contribution in [0.3, 0.4) is 0 Å². The average molecular weight is 476 g/mol. The molecule has 24 heavy (non-hydrogen) atoms. The van der Waals surface area contributed by atoms with Crippen molar-refractivity contribution in [2.75, 3.05) is 31.1 Å². The van der Waals surface area contributed by atoms with Crippen molar-refractivity contribution < 1.29 is 13.5 Å². The maximum absolute atomic E-state index is 12.9. The Bertz CT molecular complexity index is 850. The molecule has 0 spiro atoms. The molecule has 0 aromatic heterocycles. The Morgan fingerprint density at radius 2 is 1.67 bits per heavy atom. The number of phenols is 1. The van der Waals surface area contributed by atoms with Gasteiger partial charge in [0.25, 0.3) is 0 Å². The van der Waals surface area contributed by atoms with E-state index >= 15 is 0 Å². The van der Waals surface area contributed by atoms with Gasteiger partial charge in [0.15, 0.2) is 0 Å². The van der Waals surface area contributed by atoms with Gasteiger partial charge < -0.3 is 10.0 Å². The average Bonchev–Trinajstić information content (AvgIpc) is 2.57. The smallest absolute Gasteiger partial charge is 0.244 e. The second-order valence-corrected chi connectivity index (χ2v) is 9.16. The summed E-state index contributed by atoms with van der Waals surface area (Å²) in [6.45, 7) is 1.95. The quantitative estimate of drug-likeness (QED) is 0.738. The first kappa shape index (κ1) is 17.7. The molecule has 2 aromatic carbocycles. The van der Waals surface area contributed by atoms with Crippen LogP contribution in [0.5, 0.6) is 5.75 Å². The maximum atomic E-state index is 12.9. The Balaban J connectivity index is 1.77. The molecule has 0 unspecified atom stereocenters. The lowest BCUT2D eigenvalue weighted by molar-refractivity contribution is 0.384. The number of nitrogens with zero attached hydrogens (tertiary/aromatic N) is 2. The fourth-order valence-corrected chi connectivity index (χ4v) is 5.58. The van der Waals surface area contributed by atoms with Crippen LogP contribution in [-0.2, 0) is 10.0 Å². The van der Waals surface area contributed by atoms with E-state index in [1.54, 1.807) is 36.4 Å². The minimum Gasteiger partial charge on any atom is -0.508 e. The fourth-order valence-electron chi connectivity index (χ4n) is 2.69. The van der Waals surface area contributed by atoms with Crippen LogP contribution in [0.25, 0.3) is 0 Å². The number of halogens is 2. The number of anilines is 1. The van der Waals surface area contributed by atoms with E-state index in [0.29, 0.717) is 30.7 Å². The third kappa shape index (κ3) is 3.61. The summed E-state index contributed by atoms with van der Waals surface area (Å²) >= 11 is 6.65. The highest BCUT2D eigenvalue weighted by molar-refractivity contribution is 9.11. The van der Waals surface area contributed by atoms with Crippen molar-refractivity contribution in [1.82, 2.24) is 4.31 Å². The lowest BCUT2D eigenvalue weighted by Crippen LogP contribution is -2.48. The van der Waals surface area contributed by atoms with Gasteiger partial charge in [-0.3, -0.25) is 0 Å². The molecule has 1 N–H and O–H groups in total. The van der Waals surface area contributed by atoms with Crippen LogP contribution in [-0.4, -0.2) is 44.0 Å². The predicted molar refractivity (Wildman–Crippen MR) is 101 cm³/mol. The van der Waals surface area contributed by atoms with Gasteiger partial charge in [0.2, 0.25) is 10.0 Å². The van der Waals surface area contributed by atoms with Gasteiger partial charge in [0, 0.05) is 46.9 Å². The van der Waals surface area contributed by atoms with Gasteiger partial charge in [0.1, 0.15) is 5.75 Å². The van der Waals surface area contributed by atoms with Gasteiger partial charge in [-0.1, -0.05) is 22.0 Å². The molecule has 1 aliphatic rings. The van der Waals surface area contributed by atoms with Crippen LogP contribution < -0.4 is 4.90 Å². The zero-order valence-electron chi connectivity index (χ0n) is 12.7. The van der Waals surface area contributed by atoms with Crippen molar-refractivity contribution in [1.29, 1.82) is 0 Å². The predicted octanol–water partition coefficient (Wildman–Crippen LogP) is 3.43. The molecule has 1 heterocycles. The summed E-state index contributed by atoms with van der Waals surface area (Å²) < 4.78 is 28.5. The van der Waals surface area contributed by atoms with Gasteiger partial charge in [0.05, 0.1) is 4.90 Å². The molecule has 2 aromatic rings. The second-order valence-electron chi connectivity index (χ2n) is 5.49. The zero-order chi connectivity index (χ0) is 17.3. The highest BCUT2D eigenvalue weighted by atomic mass is 79.9. The second kappa shape index (κ2) is 7.03. The summed E-state index contributed by atoms with van der Waals surface area (Å²) in [6.07, 6.45) is 0. The topological polar surface area (TPSA) is 60.9 Å². The van der Waals surface area contributed by atoms with Crippen LogP contribution in [0.4, 0.5) is 5.69 Å². The Hall–Kier alpha value is -1.09. The van der Waals surface area contributed by atoms with Crippen molar-refractivity contribution in [3.63, 3.8) is 0 Å². The van der Waals surface area contributed by atoms with Gasteiger partial charge in [-0.05, 0) is 46.3 Å². The SMILES string of the molecule is O=S(=O)(c1cc(Br)ccc1Br)N1CCN(c2cccc(O)c2)CC1. The van der Waals surface area contributed by atoms with Gasteiger partial charge in [-0.25, -0.2) is 8.42 Å². The molecule has 0 radical (unpaired) electrons. The third-order valence-corrected chi connectivity index (χ3v) is 7.33. The summed E-state index contributed by atoms with van der Waals surface area (Å²) in [5.41, 5.74) is 0.899. The van der Waals surface area contributed by atoms with Crippen molar-refractivity contribution >= 4 is 47.6 Å². The molecule has 0 aliphatic carbocycles. The number of rotatable bonds is 3. The molecule has 0 amide bonds. The van der Waals surface area contributed by atoms with E-state index in [1.165, 1.54) is 4.31 Å². The van der Waals surface area contributed by atoms with E-state index < -0.39 is 10.0 Å². The Morgan fingerprint density at radius 1 is 0.958 bits per heavy atom. The molecule has 5 nitrogen and oxygen atoms in total. The minimum atomic E-state index is -3.55. The van der Waals surface area contributed by atoms with Gasteiger partial charge in [-0.2, -0.15) is 4.31 Å². The lowest BCUT2D eigenvalue weighted by Gasteiger charge is -2.35. The van der Waals surface area contributed by atoms with Crippen molar-refractivity contribution in [2.45, 2.75) is 4.90 Å². The summed E-state index contributed by atoms with van der Waals surface area (Å²) in [4.78, 5) is 2.34. The third-order valence-electron chi connectivity index (χ3n) is 3.94. The molecular formula is C16H16Br2N2O3S. The Morgan fingerprint density at radius 3 is 2.33 bits per heavy atom. The number of benzene rings is 2. The van der Waals surface area contributed by atoms with E-state index in [4.69, 9.17) is 0 Å². The number of phenolic OH excluding ortho intramolecular Hbond substituents is 1. The fraction of sp³-hybridized carbons (Fsp3) is 0.250. The standard InChI is InChI=1S/C16H16Br2N2O3S/c17-12-4-5-15(18)16(10-12)24(22,23)20-8-6-19(7-9-20)13-2-1-3-14(21)11-13/h1-5,10-11,21H,6-9H2. The normalized spacial score (nSPS) is 16.3. The Labute approximate surface area is 158 Å². The molecule has 0 atom stereocenters. The van der Waals surface area contributed by atoms with E-state index in [0.717, 1.165) is 10.2 Å². The number of hydrogen-bond acceptors (Lipinski definition) is 4. The van der Waals surface area contributed by atoms with E-state index in [-0.39, 0.29) is 10.6 Å². The summed E-state index contributed by atoms with van der Waals surface area (Å²) in [5, 5.41) is 9.59. The molecule has 1 aliphatic heterocycles. The van der Waals surface area contributed by atoms with E-state index in [9.17, 15) is 13.5 Å². The van der Waals surface area contributed by atoms with Gasteiger partial charge in [-0.15, -0.1) is 0 Å². The molecule has 128 valence electrons. The number of hydrogen-bond donors (Lipinski definition) is 1. The minimum absolute atomic E-state index is 0.209. The van der Waals surface area contributed by atoms with Crippen molar-refractivity contribution in [2.24, 2.45) is 0 Å². The number of sulfonamides is 1. The Kier molecular flexibility index (Phi) is 5.19. The monoisotopic (exact) mass is 474 g/mol. The first-order valence-corrected chi connectivity index (χ1v) is 10.4. The van der Waals surface area contributed by atoms with Crippen LogP contribution in [0.2, 0.25) is 0 Å². The molecule has 3 rings (SSSR count). The largest absolute Gasteiger partial charge is 0.508 e. The summed E-state index contributed by atoms with van der Waals surface area (Å²) in [6, 6.07) is 12.1. The molecule has 0 saturated carbocycles. The van der Waals surface area contributed by atoms with E-state index in [2.05, 4.69) is 36.8 Å². The highest BCUT2D eigenvalue weighted by Gasteiger charge is 2.30.